The Morgan fingerprint density at radius 2 is 0.944 bits per heavy atom. The van der Waals surface area contributed by atoms with Gasteiger partial charge < -0.3 is 5.11 Å². The van der Waals surface area contributed by atoms with E-state index in [1.807, 2.05) is 6.92 Å². The van der Waals surface area contributed by atoms with Gasteiger partial charge in [-0.3, -0.25) is 0 Å². The Morgan fingerprint density at radius 3 is 1.39 bits per heavy atom. The molecular weight excluding hydrogens is 220 g/mol. The first kappa shape index (κ1) is 18.0. The van der Waals surface area contributed by atoms with Crippen molar-refractivity contribution in [3.63, 3.8) is 0 Å². The molecule has 0 saturated heterocycles. The third-order valence-electron chi connectivity index (χ3n) is 3.89. The van der Waals surface area contributed by atoms with Crippen molar-refractivity contribution in [1.82, 2.24) is 0 Å². The summed E-state index contributed by atoms with van der Waals surface area (Å²) in [5.74, 6) is 0. The van der Waals surface area contributed by atoms with Crippen LogP contribution in [0.15, 0.2) is 0 Å². The zero-order valence-corrected chi connectivity index (χ0v) is 13.1. The number of rotatable bonds is 13. The minimum atomic E-state index is -0.406. The minimum absolute atomic E-state index is 0.406. The summed E-state index contributed by atoms with van der Waals surface area (Å²) in [6, 6.07) is 0. The molecule has 0 aliphatic rings. The van der Waals surface area contributed by atoms with Gasteiger partial charge in [0.05, 0.1) is 5.60 Å². The molecule has 0 amide bonds. The highest BCUT2D eigenvalue weighted by Gasteiger charge is 2.18. The van der Waals surface area contributed by atoms with Crippen molar-refractivity contribution in [3.05, 3.63) is 0 Å². The molecule has 0 aliphatic carbocycles. The first-order valence-electron chi connectivity index (χ1n) is 8.34. The average Bonchev–Trinajstić information content (AvgIpc) is 2.34. The molecule has 1 N–H and O–H groups in total. The maximum Gasteiger partial charge on any atom is 0.0619 e. The van der Waals surface area contributed by atoms with Crippen molar-refractivity contribution in [2.75, 3.05) is 0 Å². The maximum atomic E-state index is 10.3. The van der Waals surface area contributed by atoms with Crippen LogP contribution in [0.25, 0.3) is 0 Å². The summed E-state index contributed by atoms with van der Waals surface area (Å²) in [6.07, 6.45) is 16.4. The van der Waals surface area contributed by atoms with Gasteiger partial charge in [0, 0.05) is 0 Å². The Bertz CT molecular complexity index is 163. The second-order valence-corrected chi connectivity index (χ2v) is 6.18. The summed E-state index contributed by atoms with van der Waals surface area (Å²) in [4.78, 5) is 0. The quantitative estimate of drug-likeness (QED) is 0.410. The SMILES string of the molecule is CCCCCCCCCC(C)(O)CCCCCC. The predicted octanol–water partition coefficient (Wildman–Crippen LogP) is 5.85. The molecule has 1 heteroatoms. The van der Waals surface area contributed by atoms with E-state index in [1.165, 1.54) is 70.6 Å². The predicted molar refractivity (Wildman–Crippen MR) is 82.0 cm³/mol. The van der Waals surface area contributed by atoms with Crippen molar-refractivity contribution >= 4 is 0 Å². The van der Waals surface area contributed by atoms with Gasteiger partial charge >= 0.3 is 0 Å². The largest absolute Gasteiger partial charge is 0.390 e. The molecule has 18 heavy (non-hydrogen) atoms. The van der Waals surface area contributed by atoms with Gasteiger partial charge in [0.1, 0.15) is 0 Å². The Hall–Kier alpha value is -0.0400. The summed E-state index contributed by atoms with van der Waals surface area (Å²) >= 11 is 0. The molecule has 0 aromatic carbocycles. The van der Waals surface area contributed by atoms with Crippen molar-refractivity contribution in [2.45, 2.75) is 110 Å². The molecule has 0 aromatic heterocycles. The zero-order chi connectivity index (χ0) is 13.7. The summed E-state index contributed by atoms with van der Waals surface area (Å²) in [5, 5.41) is 10.3. The molecule has 1 atom stereocenters. The lowest BCUT2D eigenvalue weighted by molar-refractivity contribution is 0.0366. The van der Waals surface area contributed by atoms with Crippen molar-refractivity contribution in [1.29, 1.82) is 0 Å². The molecule has 0 aromatic rings. The Labute approximate surface area is 115 Å². The van der Waals surface area contributed by atoms with Gasteiger partial charge in [-0.15, -0.1) is 0 Å². The van der Waals surface area contributed by atoms with E-state index >= 15 is 0 Å². The third kappa shape index (κ3) is 12.4. The molecule has 0 heterocycles. The van der Waals surface area contributed by atoms with E-state index in [2.05, 4.69) is 13.8 Å². The van der Waals surface area contributed by atoms with Gasteiger partial charge in [-0.1, -0.05) is 84.5 Å². The summed E-state index contributed by atoms with van der Waals surface area (Å²) in [5.41, 5.74) is -0.406. The van der Waals surface area contributed by atoms with Crippen LogP contribution in [0.4, 0.5) is 0 Å². The Kier molecular flexibility index (Phi) is 12.0. The summed E-state index contributed by atoms with van der Waals surface area (Å²) in [7, 11) is 0. The van der Waals surface area contributed by atoms with E-state index in [0.717, 1.165) is 12.8 Å². The smallest absolute Gasteiger partial charge is 0.0619 e. The van der Waals surface area contributed by atoms with E-state index in [0.29, 0.717) is 0 Å². The van der Waals surface area contributed by atoms with Crippen molar-refractivity contribution < 1.29 is 5.11 Å². The number of hydrogen-bond acceptors (Lipinski definition) is 1. The average molecular weight is 256 g/mol. The Morgan fingerprint density at radius 1 is 0.611 bits per heavy atom. The van der Waals surface area contributed by atoms with E-state index in [4.69, 9.17) is 0 Å². The van der Waals surface area contributed by atoms with Gasteiger partial charge in [0.25, 0.3) is 0 Å². The van der Waals surface area contributed by atoms with Crippen LogP contribution in [-0.4, -0.2) is 10.7 Å². The van der Waals surface area contributed by atoms with E-state index < -0.39 is 5.60 Å². The second kappa shape index (κ2) is 12.0. The van der Waals surface area contributed by atoms with Gasteiger partial charge in [-0.25, -0.2) is 0 Å². The highest BCUT2D eigenvalue weighted by atomic mass is 16.3. The van der Waals surface area contributed by atoms with E-state index in [1.54, 1.807) is 0 Å². The molecule has 0 spiro atoms. The molecular formula is C17H36O. The number of aliphatic hydroxyl groups is 1. The van der Waals surface area contributed by atoms with Crippen LogP contribution >= 0.6 is 0 Å². The fourth-order valence-corrected chi connectivity index (χ4v) is 2.52. The molecule has 0 aliphatic heterocycles. The van der Waals surface area contributed by atoms with Crippen molar-refractivity contribution in [2.24, 2.45) is 0 Å². The lowest BCUT2D eigenvalue weighted by Crippen LogP contribution is -2.23. The highest BCUT2D eigenvalue weighted by molar-refractivity contribution is 4.72. The normalized spacial score (nSPS) is 14.7. The fraction of sp³-hybridized carbons (Fsp3) is 1.00. The van der Waals surface area contributed by atoms with Crippen LogP contribution in [0.5, 0.6) is 0 Å². The van der Waals surface area contributed by atoms with Crippen LogP contribution < -0.4 is 0 Å². The summed E-state index contributed by atoms with van der Waals surface area (Å²) in [6.45, 7) is 6.52. The lowest BCUT2D eigenvalue weighted by atomic mass is 9.91. The van der Waals surface area contributed by atoms with Crippen LogP contribution in [-0.2, 0) is 0 Å². The van der Waals surface area contributed by atoms with Crippen molar-refractivity contribution in [3.8, 4) is 0 Å². The van der Waals surface area contributed by atoms with Crippen LogP contribution in [0, 0.1) is 0 Å². The molecule has 0 saturated carbocycles. The van der Waals surface area contributed by atoms with Crippen LogP contribution in [0.3, 0.4) is 0 Å². The van der Waals surface area contributed by atoms with Gasteiger partial charge in [-0.2, -0.15) is 0 Å². The maximum absolute atomic E-state index is 10.3. The minimum Gasteiger partial charge on any atom is -0.390 e. The summed E-state index contributed by atoms with van der Waals surface area (Å²) < 4.78 is 0. The fourth-order valence-electron chi connectivity index (χ4n) is 2.52. The molecule has 0 bridgehead atoms. The number of hydrogen-bond donors (Lipinski definition) is 1. The van der Waals surface area contributed by atoms with Crippen LogP contribution in [0.1, 0.15) is 104 Å². The topological polar surface area (TPSA) is 20.2 Å². The zero-order valence-electron chi connectivity index (χ0n) is 13.1. The van der Waals surface area contributed by atoms with E-state index in [9.17, 15) is 5.11 Å². The molecule has 1 unspecified atom stereocenters. The van der Waals surface area contributed by atoms with E-state index in [-0.39, 0.29) is 0 Å². The molecule has 0 radical (unpaired) electrons. The van der Waals surface area contributed by atoms with Gasteiger partial charge in [-0.05, 0) is 19.8 Å². The monoisotopic (exact) mass is 256 g/mol. The first-order valence-corrected chi connectivity index (χ1v) is 8.34. The molecule has 0 fully saturated rings. The van der Waals surface area contributed by atoms with Gasteiger partial charge in [0.2, 0.25) is 0 Å². The molecule has 110 valence electrons. The first-order chi connectivity index (χ1) is 8.62. The number of unbranched alkanes of at least 4 members (excludes halogenated alkanes) is 9. The van der Waals surface area contributed by atoms with Gasteiger partial charge in [0.15, 0.2) is 0 Å². The molecule has 1 nitrogen and oxygen atoms in total. The van der Waals surface area contributed by atoms with Crippen LogP contribution in [0.2, 0.25) is 0 Å². The lowest BCUT2D eigenvalue weighted by Gasteiger charge is -2.23. The standard InChI is InChI=1S/C17H36O/c1-4-6-8-10-11-12-14-16-17(3,18)15-13-9-7-5-2/h18H,4-16H2,1-3H3. The molecule has 0 rings (SSSR count). The second-order valence-electron chi connectivity index (χ2n) is 6.18. The highest BCUT2D eigenvalue weighted by Crippen LogP contribution is 2.22. The third-order valence-corrected chi connectivity index (χ3v) is 3.89. The Balaban J connectivity index is 3.34.